The summed E-state index contributed by atoms with van der Waals surface area (Å²) >= 11 is 3.23. The maximum Gasteiger partial charge on any atom is 0.191 e. The van der Waals surface area contributed by atoms with Crippen LogP contribution in [0.3, 0.4) is 0 Å². The normalized spacial score (nSPS) is 17.3. The van der Waals surface area contributed by atoms with Crippen LogP contribution in [-0.2, 0) is 23.2 Å². The van der Waals surface area contributed by atoms with Crippen molar-refractivity contribution >= 4 is 34.6 Å². The lowest BCUT2D eigenvalue weighted by atomic mass is 9.83. The second-order valence-corrected chi connectivity index (χ2v) is 10.4. The number of thiophene rings is 1. The summed E-state index contributed by atoms with van der Waals surface area (Å²) in [5.74, 6) is 0.0931. The highest BCUT2D eigenvalue weighted by atomic mass is 32.2. The average molecular weight is 439 g/mol. The SMILES string of the molecule is CC(Sc1nncn1CCc1cccs1)C(=O)/C=C1\N(C)c2ccccc2C1(C)C. The predicted molar refractivity (Wildman–Crippen MR) is 124 cm³/mol. The number of rotatable bonds is 7. The fourth-order valence-electron chi connectivity index (χ4n) is 3.90. The van der Waals surface area contributed by atoms with Crippen molar-refractivity contribution in [3.8, 4) is 0 Å². The molecule has 4 rings (SSSR count). The number of para-hydroxylation sites is 1. The Bertz CT molecular complexity index is 1070. The van der Waals surface area contributed by atoms with Gasteiger partial charge in [-0.25, -0.2) is 0 Å². The number of hydrogen-bond acceptors (Lipinski definition) is 6. The Morgan fingerprint density at radius 3 is 2.80 bits per heavy atom. The van der Waals surface area contributed by atoms with E-state index in [-0.39, 0.29) is 16.4 Å². The number of carbonyl (C=O) groups is 1. The fraction of sp³-hybridized carbons (Fsp3) is 0.348. The molecular formula is C23H26N4OS2. The third-order valence-corrected chi connectivity index (χ3v) is 7.71. The van der Waals surface area contributed by atoms with Gasteiger partial charge in [-0.05, 0) is 36.4 Å². The zero-order valence-electron chi connectivity index (χ0n) is 17.7. The van der Waals surface area contributed by atoms with Crippen molar-refractivity contribution in [3.63, 3.8) is 0 Å². The molecule has 3 aromatic rings. The zero-order valence-corrected chi connectivity index (χ0v) is 19.3. The van der Waals surface area contributed by atoms with Gasteiger partial charge in [-0.2, -0.15) is 0 Å². The predicted octanol–water partition coefficient (Wildman–Crippen LogP) is 4.94. The number of ketones is 1. The first-order valence-corrected chi connectivity index (χ1v) is 11.8. The molecule has 0 saturated heterocycles. The quantitative estimate of drug-likeness (QED) is 0.386. The van der Waals surface area contributed by atoms with E-state index in [0.29, 0.717) is 0 Å². The molecule has 3 heterocycles. The molecule has 30 heavy (non-hydrogen) atoms. The van der Waals surface area contributed by atoms with Gasteiger partial charge in [0.2, 0.25) is 0 Å². The first kappa shape index (κ1) is 20.9. The van der Waals surface area contributed by atoms with Gasteiger partial charge in [0.1, 0.15) is 6.33 Å². The minimum atomic E-state index is -0.241. The second-order valence-electron chi connectivity index (χ2n) is 8.03. The summed E-state index contributed by atoms with van der Waals surface area (Å²) in [6, 6.07) is 12.5. The maximum atomic E-state index is 13.1. The van der Waals surface area contributed by atoms with E-state index in [9.17, 15) is 4.79 Å². The number of fused-ring (bicyclic) bond motifs is 1. The van der Waals surface area contributed by atoms with Crippen molar-refractivity contribution in [1.82, 2.24) is 14.8 Å². The number of nitrogens with zero attached hydrogens (tertiary/aromatic N) is 4. The monoisotopic (exact) mass is 438 g/mol. The third kappa shape index (κ3) is 3.96. The van der Waals surface area contributed by atoms with Crippen LogP contribution in [-0.4, -0.2) is 32.8 Å². The van der Waals surface area contributed by atoms with Crippen molar-refractivity contribution in [2.24, 2.45) is 0 Å². The molecule has 0 amide bonds. The number of thioether (sulfide) groups is 1. The number of hydrogen-bond donors (Lipinski definition) is 0. The smallest absolute Gasteiger partial charge is 0.191 e. The average Bonchev–Trinajstić information content (AvgIpc) is 3.44. The van der Waals surface area contributed by atoms with Crippen LogP contribution < -0.4 is 4.90 Å². The Balaban J connectivity index is 1.47. The van der Waals surface area contributed by atoms with Crippen molar-refractivity contribution < 1.29 is 4.79 Å². The van der Waals surface area contributed by atoms with Crippen LogP contribution in [0.4, 0.5) is 5.69 Å². The van der Waals surface area contributed by atoms with Gasteiger partial charge >= 0.3 is 0 Å². The topological polar surface area (TPSA) is 51.0 Å². The molecule has 1 atom stereocenters. The summed E-state index contributed by atoms with van der Waals surface area (Å²) in [5, 5.41) is 10.9. The lowest BCUT2D eigenvalue weighted by Crippen LogP contribution is -2.25. The van der Waals surface area contributed by atoms with Gasteiger partial charge in [-0.1, -0.05) is 49.9 Å². The molecule has 0 saturated carbocycles. The Morgan fingerprint density at radius 1 is 1.27 bits per heavy atom. The summed E-state index contributed by atoms with van der Waals surface area (Å²) in [6.45, 7) is 7.10. The van der Waals surface area contributed by atoms with Gasteiger partial charge in [0.25, 0.3) is 0 Å². The van der Waals surface area contributed by atoms with E-state index in [4.69, 9.17) is 0 Å². The van der Waals surface area contributed by atoms with Crippen molar-refractivity contribution in [3.05, 3.63) is 70.3 Å². The van der Waals surface area contributed by atoms with Gasteiger partial charge in [0.15, 0.2) is 10.9 Å². The molecule has 0 N–H and O–H groups in total. The van der Waals surface area contributed by atoms with Crippen LogP contribution in [0.1, 0.15) is 31.2 Å². The number of aryl methyl sites for hydroxylation is 2. The molecule has 0 aliphatic carbocycles. The van der Waals surface area contributed by atoms with Crippen molar-refractivity contribution in [2.45, 2.75) is 49.6 Å². The van der Waals surface area contributed by atoms with E-state index < -0.39 is 0 Å². The zero-order chi connectivity index (χ0) is 21.3. The lowest BCUT2D eigenvalue weighted by molar-refractivity contribution is -0.114. The van der Waals surface area contributed by atoms with E-state index in [0.717, 1.165) is 29.5 Å². The van der Waals surface area contributed by atoms with E-state index in [2.05, 4.69) is 64.7 Å². The molecule has 0 bridgehead atoms. The van der Waals surface area contributed by atoms with Crippen molar-refractivity contribution in [1.29, 1.82) is 0 Å². The molecule has 1 aliphatic rings. The first-order chi connectivity index (χ1) is 14.4. The highest BCUT2D eigenvalue weighted by molar-refractivity contribution is 8.00. The number of anilines is 1. The minimum Gasteiger partial charge on any atom is -0.347 e. The molecular weight excluding hydrogens is 412 g/mol. The Morgan fingerprint density at radius 2 is 2.07 bits per heavy atom. The fourth-order valence-corrected chi connectivity index (χ4v) is 5.47. The number of benzene rings is 1. The van der Waals surface area contributed by atoms with Crippen LogP contribution >= 0.6 is 23.1 Å². The molecule has 0 spiro atoms. The van der Waals surface area contributed by atoms with Gasteiger partial charge in [0, 0.05) is 41.3 Å². The van der Waals surface area contributed by atoms with Gasteiger partial charge in [-0.15, -0.1) is 21.5 Å². The Kier molecular flexibility index (Phi) is 5.84. The number of carbonyl (C=O) groups excluding carboxylic acids is 1. The van der Waals surface area contributed by atoms with E-state index in [1.54, 1.807) is 17.7 Å². The van der Waals surface area contributed by atoms with Gasteiger partial charge in [0.05, 0.1) is 5.25 Å². The number of aromatic nitrogens is 3. The van der Waals surface area contributed by atoms with Crippen molar-refractivity contribution in [2.75, 3.05) is 11.9 Å². The van der Waals surface area contributed by atoms with Crippen LogP contribution in [0.2, 0.25) is 0 Å². The summed E-state index contributed by atoms with van der Waals surface area (Å²) in [5.41, 5.74) is 3.24. The van der Waals surface area contributed by atoms with Crippen LogP contribution in [0.25, 0.3) is 0 Å². The number of allylic oxidation sites excluding steroid dienone is 2. The summed E-state index contributed by atoms with van der Waals surface area (Å²) in [4.78, 5) is 16.6. The van der Waals surface area contributed by atoms with Crippen LogP contribution in [0.15, 0.2) is 65.0 Å². The van der Waals surface area contributed by atoms with Gasteiger partial charge < -0.3 is 9.47 Å². The largest absolute Gasteiger partial charge is 0.347 e. The van der Waals surface area contributed by atoms with Crippen LogP contribution in [0.5, 0.6) is 0 Å². The van der Waals surface area contributed by atoms with E-state index >= 15 is 0 Å². The molecule has 7 heteroatoms. The van der Waals surface area contributed by atoms with E-state index in [1.807, 2.05) is 30.7 Å². The third-order valence-electron chi connectivity index (χ3n) is 5.66. The lowest BCUT2D eigenvalue weighted by Gasteiger charge is -2.24. The summed E-state index contributed by atoms with van der Waals surface area (Å²) < 4.78 is 2.03. The Hall–Kier alpha value is -2.38. The van der Waals surface area contributed by atoms with E-state index in [1.165, 1.54) is 22.2 Å². The Labute approximate surface area is 185 Å². The summed E-state index contributed by atoms with van der Waals surface area (Å²) in [6.07, 6.45) is 4.49. The molecule has 156 valence electrons. The summed E-state index contributed by atoms with van der Waals surface area (Å²) in [7, 11) is 2.03. The first-order valence-electron chi connectivity index (χ1n) is 10.0. The minimum absolute atomic E-state index is 0.0931. The van der Waals surface area contributed by atoms with Crippen LogP contribution in [0, 0.1) is 0 Å². The highest BCUT2D eigenvalue weighted by Gasteiger charge is 2.38. The molecule has 5 nitrogen and oxygen atoms in total. The maximum absolute atomic E-state index is 13.1. The van der Waals surface area contributed by atoms with Gasteiger partial charge in [-0.3, -0.25) is 4.79 Å². The molecule has 1 aliphatic heterocycles. The number of likely N-dealkylation sites (N-methyl/N-ethyl adjacent to an activating group) is 1. The molecule has 0 fully saturated rings. The molecule has 1 unspecified atom stereocenters. The highest BCUT2D eigenvalue weighted by Crippen LogP contribution is 2.46. The molecule has 2 aromatic heterocycles. The standard InChI is InChI=1S/C23H26N4OS2/c1-16(30-22-25-24-15-27(22)12-11-17-8-7-13-29-17)20(28)14-21-23(2,3)18-9-5-6-10-19(18)26(21)4/h5-10,13-16H,11-12H2,1-4H3/b21-14-. The second kappa shape index (κ2) is 8.40. The molecule has 0 radical (unpaired) electrons. The molecule has 1 aromatic carbocycles.